The first-order chi connectivity index (χ1) is 11.5. The van der Waals surface area contributed by atoms with Crippen molar-refractivity contribution in [2.24, 2.45) is 5.10 Å². The molecule has 0 bridgehead atoms. The van der Waals surface area contributed by atoms with Crippen LogP contribution < -0.4 is 4.83 Å². The number of rotatable bonds is 4. The van der Waals surface area contributed by atoms with Gasteiger partial charge < -0.3 is 0 Å². The molecule has 1 aromatic heterocycles. The number of nitrogens with zero attached hydrogens (tertiary/aromatic N) is 3. The first-order valence-corrected chi connectivity index (χ1v) is 8.78. The molecule has 3 aromatic rings. The summed E-state index contributed by atoms with van der Waals surface area (Å²) in [6.45, 7) is 3.58. The Morgan fingerprint density at radius 1 is 1.08 bits per heavy atom. The molecule has 122 valence electrons. The Labute approximate surface area is 140 Å². The minimum Gasteiger partial charge on any atom is -0.252 e. The third kappa shape index (κ3) is 3.41. The van der Waals surface area contributed by atoms with Crippen LogP contribution >= 0.6 is 0 Å². The van der Waals surface area contributed by atoms with E-state index in [2.05, 4.69) is 19.9 Å². The van der Waals surface area contributed by atoms with E-state index in [-0.39, 0.29) is 4.90 Å². The number of hydrogen-bond donors (Lipinski definition) is 1. The van der Waals surface area contributed by atoms with Crippen LogP contribution in [0.3, 0.4) is 0 Å². The van der Waals surface area contributed by atoms with Crippen molar-refractivity contribution in [2.45, 2.75) is 18.7 Å². The first-order valence-electron chi connectivity index (χ1n) is 7.30. The zero-order valence-electron chi connectivity index (χ0n) is 13.3. The molecule has 0 aliphatic rings. The highest BCUT2D eigenvalue weighted by Gasteiger charge is 2.15. The molecule has 0 unspecified atom stereocenters. The fraction of sp³-hybridized carbons (Fsp3) is 0.118. The molecule has 0 radical (unpaired) electrons. The molecule has 2 aromatic carbocycles. The Kier molecular flexibility index (Phi) is 4.26. The summed E-state index contributed by atoms with van der Waals surface area (Å²) in [5, 5.41) is 3.80. The topological polar surface area (TPSA) is 84.3 Å². The molecule has 1 heterocycles. The van der Waals surface area contributed by atoms with Gasteiger partial charge in [0.2, 0.25) is 0 Å². The predicted octanol–water partition coefficient (Wildman–Crippen LogP) is 2.56. The minimum absolute atomic E-state index is 0.212. The number of aromatic nitrogens is 2. The van der Waals surface area contributed by atoms with Crippen LogP contribution in [0, 0.1) is 13.8 Å². The van der Waals surface area contributed by atoms with Crippen LogP contribution in [-0.4, -0.2) is 24.6 Å². The first kappa shape index (κ1) is 16.1. The van der Waals surface area contributed by atoms with E-state index in [1.54, 1.807) is 19.1 Å². The van der Waals surface area contributed by atoms with E-state index in [9.17, 15) is 8.42 Å². The summed E-state index contributed by atoms with van der Waals surface area (Å²) in [6, 6.07) is 12.7. The summed E-state index contributed by atoms with van der Waals surface area (Å²) in [5.74, 6) is 0. The molecule has 6 nitrogen and oxygen atoms in total. The maximum Gasteiger partial charge on any atom is 0.276 e. The number of nitrogens with one attached hydrogen (secondary N) is 1. The molecule has 0 saturated heterocycles. The molecule has 24 heavy (non-hydrogen) atoms. The van der Waals surface area contributed by atoms with Gasteiger partial charge in [-0.3, -0.25) is 4.98 Å². The van der Waals surface area contributed by atoms with Gasteiger partial charge in [-0.05, 0) is 43.2 Å². The van der Waals surface area contributed by atoms with Crippen molar-refractivity contribution in [3.8, 4) is 0 Å². The fourth-order valence-electron chi connectivity index (χ4n) is 2.24. The van der Waals surface area contributed by atoms with E-state index in [0.29, 0.717) is 11.3 Å². The van der Waals surface area contributed by atoms with Crippen LogP contribution in [0.15, 0.2) is 58.7 Å². The second-order valence-corrected chi connectivity index (χ2v) is 7.03. The Morgan fingerprint density at radius 3 is 2.62 bits per heavy atom. The van der Waals surface area contributed by atoms with Gasteiger partial charge in [-0.15, -0.1) is 0 Å². The zero-order chi connectivity index (χ0) is 17.2. The summed E-state index contributed by atoms with van der Waals surface area (Å²) in [7, 11) is -3.72. The number of aryl methyl sites for hydroxylation is 2. The molecule has 0 amide bonds. The van der Waals surface area contributed by atoms with Crippen LogP contribution in [0.4, 0.5) is 0 Å². The van der Waals surface area contributed by atoms with Crippen molar-refractivity contribution < 1.29 is 8.42 Å². The van der Waals surface area contributed by atoms with Crippen LogP contribution in [-0.2, 0) is 10.0 Å². The van der Waals surface area contributed by atoms with Crippen molar-refractivity contribution in [3.63, 3.8) is 0 Å². The lowest BCUT2D eigenvalue weighted by Gasteiger charge is -2.07. The van der Waals surface area contributed by atoms with Crippen LogP contribution in [0.25, 0.3) is 11.0 Å². The van der Waals surface area contributed by atoms with E-state index in [1.165, 1.54) is 12.4 Å². The second-order valence-electron chi connectivity index (χ2n) is 5.41. The summed E-state index contributed by atoms with van der Waals surface area (Å²) in [4.78, 5) is 11.0. The number of fused-ring (bicyclic) bond motifs is 1. The van der Waals surface area contributed by atoms with Gasteiger partial charge >= 0.3 is 0 Å². The molecule has 0 aliphatic carbocycles. The maximum atomic E-state index is 12.3. The number of hydrogen-bond acceptors (Lipinski definition) is 5. The summed E-state index contributed by atoms with van der Waals surface area (Å²) < 4.78 is 24.7. The lowest BCUT2D eigenvalue weighted by molar-refractivity contribution is 0.584. The highest BCUT2D eigenvalue weighted by atomic mass is 32.2. The predicted molar refractivity (Wildman–Crippen MR) is 93.4 cm³/mol. The van der Waals surface area contributed by atoms with Crippen molar-refractivity contribution in [2.75, 3.05) is 0 Å². The quantitative estimate of drug-likeness (QED) is 0.584. The van der Waals surface area contributed by atoms with Crippen molar-refractivity contribution in [1.82, 2.24) is 14.8 Å². The third-order valence-electron chi connectivity index (χ3n) is 3.47. The number of sulfonamides is 1. The molecule has 0 aliphatic heterocycles. The maximum absolute atomic E-state index is 12.3. The third-order valence-corrected chi connectivity index (χ3v) is 4.83. The van der Waals surface area contributed by atoms with Crippen molar-refractivity contribution >= 4 is 27.3 Å². The molecule has 0 atom stereocenters. The van der Waals surface area contributed by atoms with E-state index in [1.807, 2.05) is 37.3 Å². The van der Waals surface area contributed by atoms with Gasteiger partial charge in [-0.2, -0.15) is 18.4 Å². The molecule has 0 fully saturated rings. The van der Waals surface area contributed by atoms with Gasteiger partial charge in [0.25, 0.3) is 10.0 Å². The summed E-state index contributed by atoms with van der Waals surface area (Å²) in [6.07, 6.45) is 2.88. The molecule has 7 heteroatoms. The lowest BCUT2D eigenvalue weighted by atomic mass is 10.2. The standard InChI is InChI=1S/C17H16N4O2S/c1-12-7-8-13(2)17(9-12)24(22,23)21-19-11-14-10-18-15-5-3-4-6-16(15)20-14/h3-11,21H,1-2H3/b19-11-. The van der Waals surface area contributed by atoms with E-state index in [4.69, 9.17) is 0 Å². The molecule has 0 saturated carbocycles. The van der Waals surface area contributed by atoms with E-state index >= 15 is 0 Å². The largest absolute Gasteiger partial charge is 0.276 e. The normalized spacial score (nSPS) is 11.9. The van der Waals surface area contributed by atoms with Gasteiger partial charge in [0.1, 0.15) is 5.69 Å². The number of para-hydroxylation sites is 2. The SMILES string of the molecule is Cc1ccc(C)c(S(=O)(=O)N/N=C\c2cnc3ccccc3n2)c1. The molecule has 3 rings (SSSR count). The van der Waals surface area contributed by atoms with Gasteiger partial charge in [0, 0.05) is 0 Å². The highest BCUT2D eigenvalue weighted by Crippen LogP contribution is 2.16. The highest BCUT2D eigenvalue weighted by molar-refractivity contribution is 7.89. The Bertz CT molecular complexity index is 1030. The van der Waals surface area contributed by atoms with Crippen molar-refractivity contribution in [3.05, 3.63) is 65.5 Å². The molecular formula is C17H16N4O2S. The van der Waals surface area contributed by atoms with E-state index < -0.39 is 10.0 Å². The number of hydrazone groups is 1. The monoisotopic (exact) mass is 340 g/mol. The second kappa shape index (κ2) is 6.37. The van der Waals surface area contributed by atoms with Crippen LogP contribution in [0.2, 0.25) is 0 Å². The Hall–Kier alpha value is -2.80. The van der Waals surface area contributed by atoms with Gasteiger partial charge in [-0.25, -0.2) is 4.98 Å². The average molecular weight is 340 g/mol. The minimum atomic E-state index is -3.72. The summed E-state index contributed by atoms with van der Waals surface area (Å²) in [5.41, 5.74) is 3.49. The van der Waals surface area contributed by atoms with Gasteiger partial charge in [0.05, 0.1) is 28.3 Å². The van der Waals surface area contributed by atoms with Gasteiger partial charge in [0.15, 0.2) is 0 Å². The molecule has 1 N–H and O–H groups in total. The Morgan fingerprint density at radius 2 is 1.83 bits per heavy atom. The lowest BCUT2D eigenvalue weighted by Crippen LogP contribution is -2.19. The zero-order valence-corrected chi connectivity index (χ0v) is 14.1. The van der Waals surface area contributed by atoms with Gasteiger partial charge in [-0.1, -0.05) is 24.3 Å². The Balaban J connectivity index is 1.82. The summed E-state index contributed by atoms with van der Waals surface area (Å²) >= 11 is 0. The van der Waals surface area contributed by atoms with Crippen LogP contribution in [0.1, 0.15) is 16.8 Å². The molecule has 0 spiro atoms. The number of benzene rings is 2. The van der Waals surface area contributed by atoms with Crippen molar-refractivity contribution in [1.29, 1.82) is 0 Å². The molecular weight excluding hydrogens is 324 g/mol. The van der Waals surface area contributed by atoms with E-state index in [0.717, 1.165) is 16.6 Å². The average Bonchev–Trinajstić information content (AvgIpc) is 2.56. The fourth-order valence-corrected chi connectivity index (χ4v) is 3.36. The smallest absolute Gasteiger partial charge is 0.252 e. The van der Waals surface area contributed by atoms with Crippen LogP contribution in [0.5, 0.6) is 0 Å².